The lowest BCUT2D eigenvalue weighted by Gasteiger charge is -2.01. The van der Waals surface area contributed by atoms with E-state index in [0.717, 1.165) is 24.1 Å². The minimum absolute atomic E-state index is 1.05. The van der Waals surface area contributed by atoms with Crippen molar-refractivity contribution in [2.24, 2.45) is 0 Å². The summed E-state index contributed by atoms with van der Waals surface area (Å²) in [5, 5.41) is 9.71. The minimum Gasteiger partial charge on any atom is -0.155 e. The zero-order chi connectivity index (χ0) is 8.84. The average molecular weight is 170 g/mol. The topological polar surface area (TPSA) is 25.8 Å². The van der Waals surface area contributed by atoms with E-state index >= 15 is 0 Å². The van der Waals surface area contributed by atoms with Crippen molar-refractivity contribution in [3.8, 4) is 0 Å². The minimum atomic E-state index is 1.05. The molecule has 0 N–H and O–H groups in total. The van der Waals surface area contributed by atoms with Gasteiger partial charge in [0.05, 0.1) is 11.2 Å². The van der Waals surface area contributed by atoms with Crippen LogP contribution in [0.25, 0.3) is 10.9 Å². The molecule has 0 amide bonds. The van der Waals surface area contributed by atoms with Crippen molar-refractivity contribution in [1.29, 1.82) is 0 Å². The molecule has 2 nitrogen and oxygen atoms in total. The highest BCUT2D eigenvalue weighted by Gasteiger charge is 2.16. The number of nitrogens with zero attached hydrogens (tertiary/aromatic N) is 2. The van der Waals surface area contributed by atoms with Crippen LogP contribution in [0.1, 0.15) is 16.8 Å². The molecule has 0 spiro atoms. The second-order valence-electron chi connectivity index (χ2n) is 3.58. The van der Waals surface area contributed by atoms with Gasteiger partial charge in [-0.3, -0.25) is 0 Å². The summed E-state index contributed by atoms with van der Waals surface area (Å²) in [7, 11) is 0. The first-order chi connectivity index (χ1) is 6.36. The molecule has 1 heterocycles. The van der Waals surface area contributed by atoms with E-state index in [9.17, 15) is 0 Å². The lowest BCUT2D eigenvalue weighted by Crippen LogP contribution is -1.93. The zero-order valence-corrected chi connectivity index (χ0v) is 7.54. The molecule has 2 aromatic rings. The molecule has 1 aliphatic carbocycles. The molecule has 0 atom stereocenters. The summed E-state index contributed by atoms with van der Waals surface area (Å²) >= 11 is 0. The molecule has 13 heavy (non-hydrogen) atoms. The van der Waals surface area contributed by atoms with Crippen LogP contribution in [0.15, 0.2) is 18.2 Å². The number of aryl methyl sites for hydroxylation is 3. The maximum atomic E-state index is 4.19. The zero-order valence-electron chi connectivity index (χ0n) is 7.54. The highest BCUT2D eigenvalue weighted by atomic mass is 15.1. The van der Waals surface area contributed by atoms with E-state index in [1.54, 1.807) is 0 Å². The highest BCUT2D eigenvalue weighted by molar-refractivity contribution is 5.87. The Bertz CT molecular complexity index is 489. The largest absolute Gasteiger partial charge is 0.155 e. The molecule has 0 unspecified atom stereocenters. The van der Waals surface area contributed by atoms with Gasteiger partial charge < -0.3 is 0 Å². The van der Waals surface area contributed by atoms with Gasteiger partial charge >= 0.3 is 0 Å². The molecule has 0 saturated heterocycles. The van der Waals surface area contributed by atoms with Crippen molar-refractivity contribution in [2.75, 3.05) is 0 Å². The van der Waals surface area contributed by atoms with Gasteiger partial charge in [-0.05, 0) is 37.0 Å². The Labute approximate surface area is 76.6 Å². The third-order valence-electron chi connectivity index (χ3n) is 2.82. The van der Waals surface area contributed by atoms with Gasteiger partial charge in [0.15, 0.2) is 0 Å². The van der Waals surface area contributed by atoms with Crippen LogP contribution in [0.5, 0.6) is 0 Å². The van der Waals surface area contributed by atoms with Gasteiger partial charge in [-0.1, -0.05) is 12.1 Å². The number of rotatable bonds is 0. The number of hydrogen-bond donors (Lipinski definition) is 0. The molecule has 0 fully saturated rings. The monoisotopic (exact) mass is 170 g/mol. The second kappa shape index (κ2) is 2.28. The number of benzene rings is 1. The molecule has 1 aromatic heterocycles. The van der Waals surface area contributed by atoms with E-state index in [-0.39, 0.29) is 0 Å². The summed E-state index contributed by atoms with van der Waals surface area (Å²) < 4.78 is 0. The van der Waals surface area contributed by atoms with Gasteiger partial charge in [-0.2, -0.15) is 10.2 Å². The fourth-order valence-electron chi connectivity index (χ4n) is 2.16. The predicted octanol–water partition coefficient (Wildman–Crippen LogP) is 2.04. The standard InChI is InChI=1S/C11H10N2/c1-7-9-6-5-8-3-2-4-10(11(8)9)13-12-7/h2-4H,5-6H2,1H3. The van der Waals surface area contributed by atoms with Crippen LogP contribution in [-0.4, -0.2) is 10.2 Å². The van der Waals surface area contributed by atoms with Crippen LogP contribution < -0.4 is 0 Å². The Hall–Kier alpha value is -1.44. The highest BCUT2D eigenvalue weighted by Crippen LogP contribution is 2.30. The first-order valence-electron chi connectivity index (χ1n) is 4.60. The van der Waals surface area contributed by atoms with Gasteiger partial charge in [-0.15, -0.1) is 0 Å². The van der Waals surface area contributed by atoms with Gasteiger partial charge in [0.1, 0.15) is 0 Å². The second-order valence-corrected chi connectivity index (χ2v) is 3.58. The van der Waals surface area contributed by atoms with Crippen molar-refractivity contribution in [1.82, 2.24) is 10.2 Å². The maximum Gasteiger partial charge on any atom is 0.0935 e. The third-order valence-corrected chi connectivity index (χ3v) is 2.82. The fraction of sp³-hybridized carbons (Fsp3) is 0.273. The van der Waals surface area contributed by atoms with Crippen LogP contribution in [0.2, 0.25) is 0 Å². The van der Waals surface area contributed by atoms with Crippen molar-refractivity contribution in [2.45, 2.75) is 19.8 Å². The van der Waals surface area contributed by atoms with Crippen LogP contribution in [0, 0.1) is 6.92 Å². The van der Waals surface area contributed by atoms with Crippen LogP contribution in [-0.2, 0) is 12.8 Å². The van der Waals surface area contributed by atoms with Crippen LogP contribution in [0.3, 0.4) is 0 Å². The molecular weight excluding hydrogens is 160 g/mol. The normalized spacial score (nSPS) is 13.9. The van der Waals surface area contributed by atoms with Crippen molar-refractivity contribution in [3.63, 3.8) is 0 Å². The molecule has 2 heteroatoms. The molecule has 0 aliphatic heterocycles. The van der Waals surface area contributed by atoms with E-state index in [0.29, 0.717) is 0 Å². The Morgan fingerprint density at radius 3 is 3.00 bits per heavy atom. The molecule has 1 aromatic carbocycles. The summed E-state index contributed by atoms with van der Waals surface area (Å²) in [4.78, 5) is 0. The lowest BCUT2D eigenvalue weighted by molar-refractivity contribution is 0.953. The van der Waals surface area contributed by atoms with E-state index < -0.39 is 0 Å². The van der Waals surface area contributed by atoms with E-state index in [1.807, 2.05) is 13.0 Å². The van der Waals surface area contributed by atoms with E-state index in [1.165, 1.54) is 16.5 Å². The Morgan fingerprint density at radius 2 is 2.08 bits per heavy atom. The van der Waals surface area contributed by atoms with E-state index in [2.05, 4.69) is 22.3 Å². The summed E-state index contributed by atoms with van der Waals surface area (Å²) in [6, 6.07) is 6.30. The Balaban J connectivity index is 2.56. The van der Waals surface area contributed by atoms with Gasteiger partial charge in [0, 0.05) is 5.39 Å². The SMILES string of the molecule is Cc1nnc2cccc3c2c1CC3. The number of aromatic nitrogens is 2. The Morgan fingerprint density at radius 1 is 1.15 bits per heavy atom. The summed E-state index contributed by atoms with van der Waals surface area (Å²) in [5.41, 5.74) is 4.99. The molecular formula is C11H10N2. The predicted molar refractivity (Wildman–Crippen MR) is 51.7 cm³/mol. The summed E-state index contributed by atoms with van der Waals surface area (Å²) in [6.07, 6.45) is 2.29. The third kappa shape index (κ3) is 0.829. The fourth-order valence-corrected chi connectivity index (χ4v) is 2.16. The molecule has 0 radical (unpaired) electrons. The number of hydrogen-bond acceptors (Lipinski definition) is 2. The molecule has 0 bridgehead atoms. The quantitative estimate of drug-likeness (QED) is 0.604. The lowest BCUT2D eigenvalue weighted by atomic mass is 10.1. The Kier molecular flexibility index (Phi) is 1.23. The average Bonchev–Trinajstić information content (AvgIpc) is 2.57. The van der Waals surface area contributed by atoms with Crippen molar-refractivity contribution >= 4 is 10.9 Å². The van der Waals surface area contributed by atoms with Crippen LogP contribution >= 0.6 is 0 Å². The van der Waals surface area contributed by atoms with Crippen molar-refractivity contribution < 1.29 is 0 Å². The molecule has 1 aliphatic rings. The summed E-state index contributed by atoms with van der Waals surface area (Å²) in [5.74, 6) is 0. The molecule has 3 rings (SSSR count). The first kappa shape index (κ1) is 7.01. The van der Waals surface area contributed by atoms with Gasteiger partial charge in [-0.25, -0.2) is 0 Å². The first-order valence-corrected chi connectivity index (χ1v) is 4.60. The van der Waals surface area contributed by atoms with Crippen LogP contribution in [0.4, 0.5) is 0 Å². The van der Waals surface area contributed by atoms with Gasteiger partial charge in [0.25, 0.3) is 0 Å². The van der Waals surface area contributed by atoms with Gasteiger partial charge in [0.2, 0.25) is 0 Å². The molecule has 64 valence electrons. The van der Waals surface area contributed by atoms with E-state index in [4.69, 9.17) is 0 Å². The van der Waals surface area contributed by atoms with Crippen molar-refractivity contribution in [3.05, 3.63) is 35.0 Å². The smallest absolute Gasteiger partial charge is 0.0935 e. The summed E-state index contributed by atoms with van der Waals surface area (Å²) in [6.45, 7) is 2.05. The molecule has 0 saturated carbocycles. The maximum absolute atomic E-state index is 4.19.